The van der Waals surface area contributed by atoms with Gasteiger partial charge in [-0.1, -0.05) is 12.0 Å². The molecule has 96 valence electrons. The van der Waals surface area contributed by atoms with Crippen molar-refractivity contribution in [3.8, 4) is 29.2 Å². The van der Waals surface area contributed by atoms with Crippen molar-refractivity contribution < 1.29 is 13.9 Å². The fourth-order valence-electron chi connectivity index (χ4n) is 1.53. The molecule has 0 amide bonds. The van der Waals surface area contributed by atoms with Crippen LogP contribution in [0.1, 0.15) is 12.5 Å². The minimum Gasteiger partial charge on any atom is -0.493 e. The standard InChI is InChI=1S/C15H12FNO2/c1-3-5-11-8-9-12(13(10-11)18-2)19-15-7-4-6-14(16)17-15/h4,6-10H,1-2H3. The number of ether oxygens (including phenoxy) is 2. The fourth-order valence-corrected chi connectivity index (χ4v) is 1.53. The molecular weight excluding hydrogens is 245 g/mol. The number of rotatable bonds is 3. The Morgan fingerprint density at radius 1 is 1.16 bits per heavy atom. The quantitative estimate of drug-likeness (QED) is 0.624. The summed E-state index contributed by atoms with van der Waals surface area (Å²) in [4.78, 5) is 3.63. The average Bonchev–Trinajstić information content (AvgIpc) is 2.41. The number of benzene rings is 1. The molecule has 1 heterocycles. The smallest absolute Gasteiger partial charge is 0.222 e. The molecule has 19 heavy (non-hydrogen) atoms. The van der Waals surface area contributed by atoms with Crippen LogP contribution in [0.25, 0.3) is 0 Å². The van der Waals surface area contributed by atoms with E-state index < -0.39 is 5.95 Å². The van der Waals surface area contributed by atoms with Gasteiger partial charge in [-0.3, -0.25) is 0 Å². The normalized spacial score (nSPS) is 9.42. The van der Waals surface area contributed by atoms with E-state index in [2.05, 4.69) is 16.8 Å². The molecule has 0 saturated heterocycles. The van der Waals surface area contributed by atoms with Gasteiger partial charge in [0.1, 0.15) is 0 Å². The summed E-state index contributed by atoms with van der Waals surface area (Å²) in [5.41, 5.74) is 0.818. The van der Waals surface area contributed by atoms with Crippen molar-refractivity contribution in [3.05, 3.63) is 47.9 Å². The summed E-state index contributed by atoms with van der Waals surface area (Å²) >= 11 is 0. The molecule has 0 unspecified atom stereocenters. The summed E-state index contributed by atoms with van der Waals surface area (Å²) in [6, 6.07) is 9.62. The summed E-state index contributed by atoms with van der Waals surface area (Å²) in [5, 5.41) is 0. The zero-order chi connectivity index (χ0) is 13.7. The Kier molecular flexibility index (Phi) is 3.99. The molecule has 0 radical (unpaired) electrons. The lowest BCUT2D eigenvalue weighted by atomic mass is 10.2. The monoisotopic (exact) mass is 257 g/mol. The van der Waals surface area contributed by atoms with Crippen LogP contribution in [-0.4, -0.2) is 12.1 Å². The zero-order valence-electron chi connectivity index (χ0n) is 10.6. The highest BCUT2D eigenvalue weighted by Gasteiger charge is 2.07. The van der Waals surface area contributed by atoms with Crippen LogP contribution < -0.4 is 9.47 Å². The number of halogens is 1. The molecule has 2 aromatic rings. The molecule has 0 atom stereocenters. The molecule has 4 heteroatoms. The van der Waals surface area contributed by atoms with Crippen LogP contribution in [0.15, 0.2) is 36.4 Å². The third-order valence-corrected chi connectivity index (χ3v) is 2.34. The van der Waals surface area contributed by atoms with Gasteiger partial charge < -0.3 is 9.47 Å². The Morgan fingerprint density at radius 3 is 2.68 bits per heavy atom. The van der Waals surface area contributed by atoms with Crippen LogP contribution >= 0.6 is 0 Å². The van der Waals surface area contributed by atoms with E-state index in [0.717, 1.165) is 5.56 Å². The molecule has 0 spiro atoms. The Hall–Kier alpha value is -2.54. The van der Waals surface area contributed by atoms with E-state index in [1.54, 1.807) is 31.2 Å². The van der Waals surface area contributed by atoms with E-state index in [0.29, 0.717) is 11.5 Å². The second-order valence-electron chi connectivity index (χ2n) is 3.64. The van der Waals surface area contributed by atoms with Gasteiger partial charge in [0, 0.05) is 11.6 Å². The van der Waals surface area contributed by atoms with Crippen LogP contribution in [0, 0.1) is 17.8 Å². The van der Waals surface area contributed by atoms with Crippen LogP contribution in [0.2, 0.25) is 0 Å². The van der Waals surface area contributed by atoms with Crippen molar-refractivity contribution in [1.82, 2.24) is 4.98 Å². The summed E-state index contributed by atoms with van der Waals surface area (Å²) in [7, 11) is 1.53. The van der Waals surface area contributed by atoms with Crippen molar-refractivity contribution in [2.24, 2.45) is 0 Å². The number of methoxy groups -OCH3 is 1. The van der Waals surface area contributed by atoms with Crippen molar-refractivity contribution in [3.63, 3.8) is 0 Å². The van der Waals surface area contributed by atoms with E-state index in [9.17, 15) is 4.39 Å². The highest BCUT2D eigenvalue weighted by Crippen LogP contribution is 2.31. The molecule has 0 saturated carbocycles. The minimum atomic E-state index is -0.593. The first-order valence-electron chi connectivity index (χ1n) is 5.64. The molecule has 0 aliphatic heterocycles. The Labute approximate surface area is 111 Å². The molecule has 0 aliphatic carbocycles. The van der Waals surface area contributed by atoms with Gasteiger partial charge in [0.25, 0.3) is 0 Å². The van der Waals surface area contributed by atoms with E-state index in [-0.39, 0.29) is 5.88 Å². The lowest BCUT2D eigenvalue weighted by Crippen LogP contribution is -1.94. The molecule has 0 bridgehead atoms. The van der Waals surface area contributed by atoms with Crippen LogP contribution in [-0.2, 0) is 0 Å². The van der Waals surface area contributed by atoms with E-state index in [1.165, 1.54) is 19.2 Å². The van der Waals surface area contributed by atoms with Crippen LogP contribution in [0.5, 0.6) is 17.4 Å². The minimum absolute atomic E-state index is 0.174. The van der Waals surface area contributed by atoms with Crippen LogP contribution in [0.4, 0.5) is 4.39 Å². The van der Waals surface area contributed by atoms with Gasteiger partial charge in [0.15, 0.2) is 11.5 Å². The van der Waals surface area contributed by atoms with Gasteiger partial charge in [0.05, 0.1) is 7.11 Å². The molecule has 0 N–H and O–H groups in total. The number of hydrogen-bond donors (Lipinski definition) is 0. The van der Waals surface area contributed by atoms with E-state index >= 15 is 0 Å². The molecule has 3 nitrogen and oxygen atoms in total. The second kappa shape index (κ2) is 5.87. The molecule has 1 aromatic heterocycles. The van der Waals surface area contributed by atoms with Crippen molar-refractivity contribution in [2.75, 3.05) is 7.11 Å². The molecule has 0 aliphatic rings. The van der Waals surface area contributed by atoms with Gasteiger partial charge in [-0.25, -0.2) is 0 Å². The summed E-state index contributed by atoms with van der Waals surface area (Å²) in [6.45, 7) is 1.76. The third kappa shape index (κ3) is 3.23. The van der Waals surface area contributed by atoms with Gasteiger partial charge in [-0.15, -0.1) is 5.92 Å². The van der Waals surface area contributed by atoms with Gasteiger partial charge >= 0.3 is 0 Å². The van der Waals surface area contributed by atoms with Gasteiger partial charge in [0.2, 0.25) is 11.8 Å². The van der Waals surface area contributed by atoms with Gasteiger partial charge in [-0.2, -0.15) is 9.37 Å². The second-order valence-corrected chi connectivity index (χ2v) is 3.64. The topological polar surface area (TPSA) is 31.4 Å². The Bertz CT molecular complexity index is 644. The van der Waals surface area contributed by atoms with Crippen molar-refractivity contribution in [1.29, 1.82) is 0 Å². The predicted molar refractivity (Wildman–Crippen MR) is 69.8 cm³/mol. The molecule has 0 fully saturated rings. The predicted octanol–water partition coefficient (Wildman–Crippen LogP) is 3.39. The molecular formula is C15H12FNO2. The first-order chi connectivity index (χ1) is 9.22. The first kappa shape index (κ1) is 12.9. The maximum Gasteiger partial charge on any atom is 0.222 e. The highest BCUT2D eigenvalue weighted by molar-refractivity contribution is 5.49. The largest absolute Gasteiger partial charge is 0.493 e. The average molecular weight is 257 g/mol. The number of hydrogen-bond acceptors (Lipinski definition) is 3. The summed E-state index contributed by atoms with van der Waals surface area (Å²) in [6.07, 6.45) is 0. The highest BCUT2D eigenvalue weighted by atomic mass is 19.1. The van der Waals surface area contributed by atoms with E-state index in [4.69, 9.17) is 9.47 Å². The van der Waals surface area contributed by atoms with Gasteiger partial charge in [-0.05, 0) is 31.2 Å². The van der Waals surface area contributed by atoms with Crippen molar-refractivity contribution >= 4 is 0 Å². The number of nitrogens with zero attached hydrogens (tertiary/aromatic N) is 1. The number of pyridine rings is 1. The lowest BCUT2D eigenvalue weighted by molar-refractivity contribution is 0.371. The molecule has 1 aromatic carbocycles. The zero-order valence-corrected chi connectivity index (χ0v) is 10.6. The summed E-state index contributed by atoms with van der Waals surface area (Å²) < 4.78 is 23.7. The van der Waals surface area contributed by atoms with E-state index in [1.807, 2.05) is 0 Å². The maximum absolute atomic E-state index is 13.0. The summed E-state index contributed by atoms with van der Waals surface area (Å²) in [5.74, 6) is 6.29. The lowest BCUT2D eigenvalue weighted by Gasteiger charge is -2.09. The Morgan fingerprint density at radius 2 is 2.00 bits per heavy atom. The van der Waals surface area contributed by atoms with Crippen molar-refractivity contribution in [2.45, 2.75) is 6.92 Å². The fraction of sp³-hybridized carbons (Fsp3) is 0.133. The number of aromatic nitrogens is 1. The maximum atomic E-state index is 13.0. The first-order valence-corrected chi connectivity index (χ1v) is 5.64. The molecule has 2 rings (SSSR count). The SMILES string of the molecule is CC#Cc1ccc(Oc2cccc(F)n2)c(OC)c1. The third-order valence-electron chi connectivity index (χ3n) is 2.34. The van der Waals surface area contributed by atoms with Crippen LogP contribution in [0.3, 0.4) is 0 Å². The Balaban J connectivity index is 2.31.